The number of fused-ring (bicyclic) bond motifs is 1. The number of pyridine rings is 1. The van der Waals surface area contributed by atoms with Gasteiger partial charge in [-0.15, -0.1) is 0 Å². The van der Waals surface area contributed by atoms with Gasteiger partial charge in [-0.1, -0.05) is 18.2 Å². The Hall–Kier alpha value is -4.27. The highest BCUT2D eigenvalue weighted by Crippen LogP contribution is 2.48. The van der Waals surface area contributed by atoms with Crippen LogP contribution in [0.3, 0.4) is 0 Å². The molecule has 4 N–H and O–H groups in total. The van der Waals surface area contributed by atoms with E-state index in [0.29, 0.717) is 29.9 Å². The molecule has 3 amide bonds. The largest absolute Gasteiger partial charge is 0.369 e. The molecule has 2 aromatic carbocycles. The van der Waals surface area contributed by atoms with E-state index in [1.54, 1.807) is 42.2 Å². The third-order valence-corrected chi connectivity index (χ3v) is 6.24. The van der Waals surface area contributed by atoms with Gasteiger partial charge in [0.1, 0.15) is 5.82 Å². The number of aryl methyl sites for hydroxylation is 2. The van der Waals surface area contributed by atoms with Crippen molar-refractivity contribution in [2.75, 3.05) is 10.6 Å². The van der Waals surface area contributed by atoms with Crippen LogP contribution in [0.25, 0.3) is 22.2 Å². The van der Waals surface area contributed by atoms with Gasteiger partial charge in [0.15, 0.2) is 5.65 Å². The molecule has 9 heteroatoms. The van der Waals surface area contributed by atoms with Crippen molar-refractivity contribution in [3.8, 4) is 11.1 Å². The third kappa shape index (κ3) is 3.75. The number of amides is 3. The predicted octanol–water partition coefficient (Wildman–Crippen LogP) is 4.24. The summed E-state index contributed by atoms with van der Waals surface area (Å²) in [6.45, 7) is 1.82. The molecule has 2 heterocycles. The fourth-order valence-electron chi connectivity index (χ4n) is 4.10. The number of nitrogens with two attached hydrogens (primary N) is 1. The van der Waals surface area contributed by atoms with Crippen molar-refractivity contribution in [3.05, 3.63) is 71.8 Å². The molecule has 5 rings (SSSR count). The molecule has 4 aromatic rings. The summed E-state index contributed by atoms with van der Waals surface area (Å²) in [6, 6.07) is 13.1. The zero-order valence-electron chi connectivity index (χ0n) is 18.7. The van der Waals surface area contributed by atoms with Crippen LogP contribution in [0.1, 0.15) is 24.1 Å². The quantitative estimate of drug-likeness (QED) is 0.415. The first kappa shape index (κ1) is 21.6. The van der Waals surface area contributed by atoms with Gasteiger partial charge >= 0.3 is 6.03 Å². The number of anilines is 2. The standard InChI is InChI=1S/C25H23FN6O2/c1-14-3-8-19(26)20(11-14)30-24(34)29-16-6-4-15(5-7-16)17-12-21(25(9-10-25)23(27)33)31-22-18(17)13-28-32(22)2/h3-8,11-13H,9-10H2,1-2H3,(H2,27,33)(H2,29,30,34). The minimum Gasteiger partial charge on any atom is -0.369 e. The lowest BCUT2D eigenvalue weighted by Gasteiger charge is -2.14. The number of nitrogens with one attached hydrogen (secondary N) is 2. The SMILES string of the molecule is Cc1ccc(F)c(NC(=O)Nc2ccc(-c3cc(C4(C(N)=O)CC4)nc4c3cnn4C)cc2)c1. The highest BCUT2D eigenvalue weighted by Gasteiger charge is 2.51. The Kier molecular flexibility index (Phi) is 5.04. The van der Waals surface area contributed by atoms with E-state index in [0.717, 1.165) is 22.1 Å². The summed E-state index contributed by atoms with van der Waals surface area (Å²) in [5.74, 6) is -0.877. The van der Waals surface area contributed by atoms with Crippen LogP contribution >= 0.6 is 0 Å². The van der Waals surface area contributed by atoms with Crippen LogP contribution in [0, 0.1) is 12.7 Å². The smallest absolute Gasteiger partial charge is 0.323 e. The van der Waals surface area contributed by atoms with Gasteiger partial charge < -0.3 is 16.4 Å². The van der Waals surface area contributed by atoms with E-state index in [2.05, 4.69) is 15.7 Å². The van der Waals surface area contributed by atoms with E-state index >= 15 is 0 Å². The molecule has 0 aliphatic heterocycles. The summed E-state index contributed by atoms with van der Waals surface area (Å²) in [7, 11) is 1.80. The molecule has 172 valence electrons. The molecule has 0 bridgehead atoms. The summed E-state index contributed by atoms with van der Waals surface area (Å²) < 4.78 is 15.6. The normalized spacial score (nSPS) is 14.1. The summed E-state index contributed by atoms with van der Waals surface area (Å²) in [5.41, 5.74) is 9.51. The fraction of sp³-hybridized carbons (Fsp3) is 0.200. The van der Waals surface area contributed by atoms with E-state index in [1.807, 2.05) is 25.1 Å². The van der Waals surface area contributed by atoms with Crippen LogP contribution in [0.15, 0.2) is 54.7 Å². The Bertz CT molecular complexity index is 1440. The highest BCUT2D eigenvalue weighted by molar-refractivity contribution is 6.00. The number of halogens is 1. The molecule has 1 aliphatic carbocycles. The summed E-state index contributed by atoms with van der Waals surface area (Å²) in [5, 5.41) is 10.4. The minimum atomic E-state index is -0.724. The Morgan fingerprint density at radius 3 is 2.50 bits per heavy atom. The molecule has 8 nitrogen and oxygen atoms in total. The number of nitrogens with zero attached hydrogens (tertiary/aromatic N) is 3. The second-order valence-corrected chi connectivity index (χ2v) is 8.65. The van der Waals surface area contributed by atoms with Gasteiger partial charge in [-0.25, -0.2) is 14.2 Å². The molecule has 0 unspecified atom stereocenters. The molecule has 1 saturated carbocycles. The van der Waals surface area contributed by atoms with Crippen LogP contribution < -0.4 is 16.4 Å². The monoisotopic (exact) mass is 458 g/mol. The molecule has 0 atom stereocenters. The van der Waals surface area contributed by atoms with Gasteiger partial charge in [-0.2, -0.15) is 5.10 Å². The first-order valence-electron chi connectivity index (χ1n) is 10.8. The van der Waals surface area contributed by atoms with E-state index in [-0.39, 0.29) is 11.6 Å². The number of hydrogen-bond donors (Lipinski definition) is 3. The van der Waals surface area contributed by atoms with Crippen LogP contribution in [0.5, 0.6) is 0 Å². The molecule has 1 aliphatic rings. The van der Waals surface area contributed by atoms with Crippen molar-refractivity contribution in [3.63, 3.8) is 0 Å². The summed E-state index contributed by atoms with van der Waals surface area (Å²) in [4.78, 5) is 29.1. The maximum absolute atomic E-state index is 13.9. The van der Waals surface area contributed by atoms with E-state index < -0.39 is 17.3 Å². The lowest BCUT2D eigenvalue weighted by atomic mass is 9.95. The van der Waals surface area contributed by atoms with Crippen molar-refractivity contribution < 1.29 is 14.0 Å². The van der Waals surface area contributed by atoms with E-state index in [9.17, 15) is 14.0 Å². The number of urea groups is 1. The molecule has 0 saturated heterocycles. The number of rotatable bonds is 5. The predicted molar refractivity (Wildman–Crippen MR) is 128 cm³/mol. The minimum absolute atomic E-state index is 0.112. The van der Waals surface area contributed by atoms with Crippen LogP contribution in [-0.4, -0.2) is 26.7 Å². The van der Waals surface area contributed by atoms with Gasteiger partial charge in [-0.3, -0.25) is 9.48 Å². The maximum Gasteiger partial charge on any atom is 0.323 e. The first-order chi connectivity index (χ1) is 16.3. The van der Waals surface area contributed by atoms with Crippen LogP contribution in [-0.2, 0) is 17.3 Å². The average molecular weight is 458 g/mol. The average Bonchev–Trinajstić information content (AvgIpc) is 3.55. The number of primary amides is 1. The van der Waals surface area contributed by atoms with Gasteiger partial charge in [0.25, 0.3) is 0 Å². The maximum atomic E-state index is 13.9. The topological polar surface area (TPSA) is 115 Å². The van der Waals surface area contributed by atoms with Crippen molar-refractivity contribution in [2.24, 2.45) is 12.8 Å². The zero-order chi connectivity index (χ0) is 24.0. The zero-order valence-corrected chi connectivity index (χ0v) is 18.7. The van der Waals surface area contributed by atoms with E-state index in [4.69, 9.17) is 10.7 Å². The lowest BCUT2D eigenvalue weighted by Crippen LogP contribution is -2.29. The second kappa shape index (κ2) is 7.95. The third-order valence-electron chi connectivity index (χ3n) is 6.24. The summed E-state index contributed by atoms with van der Waals surface area (Å²) in [6.07, 6.45) is 3.09. The number of carbonyl (C=O) groups is 2. The second-order valence-electron chi connectivity index (χ2n) is 8.65. The molecular weight excluding hydrogens is 435 g/mol. The van der Waals surface area contributed by atoms with Crippen LogP contribution in [0.2, 0.25) is 0 Å². The molecule has 34 heavy (non-hydrogen) atoms. The summed E-state index contributed by atoms with van der Waals surface area (Å²) >= 11 is 0. The highest BCUT2D eigenvalue weighted by atomic mass is 19.1. The molecule has 0 spiro atoms. The van der Waals surface area contributed by atoms with Gasteiger partial charge in [0.2, 0.25) is 5.91 Å². The number of hydrogen-bond acceptors (Lipinski definition) is 4. The van der Waals surface area contributed by atoms with Gasteiger partial charge in [-0.05, 0) is 66.8 Å². The molecule has 1 fully saturated rings. The molecule has 2 aromatic heterocycles. The van der Waals surface area contributed by atoms with Crippen molar-refractivity contribution in [2.45, 2.75) is 25.2 Å². The Labute approximate surface area is 195 Å². The number of aromatic nitrogens is 3. The van der Waals surface area contributed by atoms with Crippen molar-refractivity contribution in [1.29, 1.82) is 0 Å². The van der Waals surface area contributed by atoms with Crippen molar-refractivity contribution >= 4 is 34.3 Å². The Morgan fingerprint density at radius 2 is 1.82 bits per heavy atom. The lowest BCUT2D eigenvalue weighted by molar-refractivity contribution is -0.120. The number of carbonyl (C=O) groups excluding carboxylic acids is 2. The first-order valence-corrected chi connectivity index (χ1v) is 10.8. The Balaban J connectivity index is 1.42. The van der Waals surface area contributed by atoms with Crippen molar-refractivity contribution in [1.82, 2.24) is 14.8 Å². The van der Waals surface area contributed by atoms with Crippen LogP contribution in [0.4, 0.5) is 20.6 Å². The molecular formula is C25H23FN6O2. The fourth-order valence-corrected chi connectivity index (χ4v) is 4.10. The van der Waals surface area contributed by atoms with Gasteiger partial charge in [0, 0.05) is 18.1 Å². The van der Waals surface area contributed by atoms with E-state index in [1.165, 1.54) is 6.07 Å². The van der Waals surface area contributed by atoms with Gasteiger partial charge in [0.05, 0.1) is 23.0 Å². The molecule has 0 radical (unpaired) electrons. The Morgan fingerprint density at radius 1 is 1.09 bits per heavy atom. The number of benzene rings is 2.